The van der Waals surface area contributed by atoms with E-state index >= 15 is 0 Å². The van der Waals surface area contributed by atoms with Crippen LogP contribution < -0.4 is 0 Å². The summed E-state index contributed by atoms with van der Waals surface area (Å²) in [7, 11) is 0. The van der Waals surface area contributed by atoms with E-state index in [4.69, 9.17) is 5.21 Å². The Morgan fingerprint density at radius 3 is 1.67 bits per heavy atom. The summed E-state index contributed by atoms with van der Waals surface area (Å²) in [4.78, 5) is 9.44. The molecule has 3 nitrogen and oxygen atoms in total. The molecule has 4 heteroatoms. The Hall–Kier alpha value is 0.244. The molecule has 0 bridgehead atoms. The minimum absolute atomic E-state index is 0. The van der Waals surface area contributed by atoms with Gasteiger partial charge in [0.2, 0.25) is 0 Å². The first-order valence-corrected chi connectivity index (χ1v) is 2.24. The molecule has 0 aliphatic rings. The van der Waals surface area contributed by atoms with Gasteiger partial charge in [-0.15, -0.1) is 5.16 Å². The van der Waals surface area contributed by atoms with E-state index in [1.165, 1.54) is 20.1 Å². The summed E-state index contributed by atoms with van der Waals surface area (Å²) in [6.07, 6.45) is 1.31. The van der Waals surface area contributed by atoms with Crippen LogP contribution in [-0.2, 0) is 37.5 Å². The SMILES string of the molecule is CC(C)=O.CC=NO.[Y]. The van der Waals surface area contributed by atoms with Gasteiger partial charge in [0.05, 0.1) is 0 Å². The normalized spacial score (nSPS) is 7.00. The van der Waals surface area contributed by atoms with Crippen molar-refractivity contribution in [3.05, 3.63) is 0 Å². The molecular formula is C5H11NO2Y. The molecule has 0 heterocycles. The van der Waals surface area contributed by atoms with E-state index in [1.807, 2.05) is 0 Å². The van der Waals surface area contributed by atoms with Gasteiger partial charge in [-0.1, -0.05) is 0 Å². The molecule has 0 atom stereocenters. The van der Waals surface area contributed by atoms with Gasteiger partial charge in [-0.3, -0.25) is 0 Å². The maximum Gasteiger partial charge on any atom is 0.126 e. The number of ketones is 1. The standard InChI is InChI=1S/C3H6O.C2H5NO.Y/c1-3(2)4;1-2-3-4;/h1-2H3;2,4H,1H3;. The second-order valence-electron chi connectivity index (χ2n) is 1.28. The van der Waals surface area contributed by atoms with E-state index in [2.05, 4.69) is 5.16 Å². The molecule has 1 N–H and O–H groups in total. The summed E-state index contributed by atoms with van der Waals surface area (Å²) in [5, 5.41) is 10.1. The van der Waals surface area contributed by atoms with Crippen LogP contribution in [0.2, 0.25) is 0 Å². The summed E-state index contributed by atoms with van der Waals surface area (Å²) in [6, 6.07) is 0. The smallest absolute Gasteiger partial charge is 0.126 e. The van der Waals surface area contributed by atoms with Crippen LogP contribution in [0.3, 0.4) is 0 Å². The zero-order chi connectivity index (χ0) is 6.99. The zero-order valence-corrected chi connectivity index (χ0v) is 8.80. The van der Waals surface area contributed by atoms with Crippen LogP contribution in [0.1, 0.15) is 20.8 Å². The number of rotatable bonds is 0. The summed E-state index contributed by atoms with van der Waals surface area (Å²) in [5.41, 5.74) is 0. The number of hydrogen-bond acceptors (Lipinski definition) is 3. The van der Waals surface area contributed by atoms with Crippen molar-refractivity contribution in [2.24, 2.45) is 5.16 Å². The summed E-state index contributed by atoms with van der Waals surface area (Å²) >= 11 is 0. The van der Waals surface area contributed by atoms with E-state index < -0.39 is 0 Å². The predicted molar refractivity (Wildman–Crippen MR) is 32.3 cm³/mol. The van der Waals surface area contributed by atoms with Crippen LogP contribution >= 0.6 is 0 Å². The van der Waals surface area contributed by atoms with E-state index in [1.54, 1.807) is 6.92 Å². The molecule has 0 spiro atoms. The maximum absolute atomic E-state index is 9.44. The topological polar surface area (TPSA) is 49.7 Å². The Labute approximate surface area is 80.4 Å². The van der Waals surface area contributed by atoms with Gasteiger partial charge in [0.1, 0.15) is 5.78 Å². The Morgan fingerprint density at radius 2 is 1.67 bits per heavy atom. The zero-order valence-electron chi connectivity index (χ0n) is 5.96. The van der Waals surface area contributed by atoms with Gasteiger partial charge in [0.25, 0.3) is 0 Å². The van der Waals surface area contributed by atoms with E-state index in [0.29, 0.717) is 0 Å². The first-order valence-electron chi connectivity index (χ1n) is 2.24. The first kappa shape index (κ1) is 16.1. The van der Waals surface area contributed by atoms with Gasteiger partial charge in [-0.25, -0.2) is 0 Å². The fourth-order valence-corrected chi connectivity index (χ4v) is 0. The Morgan fingerprint density at radius 1 is 1.56 bits per heavy atom. The minimum atomic E-state index is 0. The molecule has 0 aromatic rings. The molecule has 0 saturated carbocycles. The van der Waals surface area contributed by atoms with Crippen LogP contribution in [0.5, 0.6) is 0 Å². The van der Waals surface area contributed by atoms with Crippen LogP contribution in [0, 0.1) is 0 Å². The molecular weight excluding hydrogens is 195 g/mol. The van der Waals surface area contributed by atoms with Crippen molar-refractivity contribution in [1.29, 1.82) is 0 Å². The Balaban J connectivity index is -0.0000000720. The molecule has 9 heavy (non-hydrogen) atoms. The molecule has 1 radical (unpaired) electrons. The largest absolute Gasteiger partial charge is 0.411 e. The molecule has 0 saturated heterocycles. The maximum atomic E-state index is 9.44. The monoisotopic (exact) mass is 206 g/mol. The third kappa shape index (κ3) is 208. The molecule has 0 aromatic carbocycles. The fraction of sp³-hybridized carbons (Fsp3) is 0.600. The van der Waals surface area contributed by atoms with Gasteiger partial charge < -0.3 is 10.0 Å². The average Bonchev–Trinajstić information content (AvgIpc) is 1.65. The van der Waals surface area contributed by atoms with Crippen molar-refractivity contribution in [3.63, 3.8) is 0 Å². The van der Waals surface area contributed by atoms with Gasteiger partial charge in [0.15, 0.2) is 0 Å². The molecule has 0 aliphatic heterocycles. The summed E-state index contributed by atoms with van der Waals surface area (Å²) in [6.45, 7) is 4.69. The molecule has 0 aromatic heterocycles. The average molecular weight is 206 g/mol. The number of hydrogen-bond donors (Lipinski definition) is 1. The van der Waals surface area contributed by atoms with Crippen molar-refractivity contribution in [1.82, 2.24) is 0 Å². The summed E-state index contributed by atoms with van der Waals surface area (Å²) in [5.74, 6) is 0.167. The third-order valence-electron chi connectivity index (χ3n) is 0.115. The van der Waals surface area contributed by atoms with Crippen LogP contribution in [0.4, 0.5) is 0 Å². The number of carbonyl (C=O) groups is 1. The van der Waals surface area contributed by atoms with Crippen molar-refractivity contribution < 1.29 is 42.7 Å². The number of Topliss-reactive ketones (excluding diaryl/α,β-unsaturated/α-hetero) is 1. The van der Waals surface area contributed by atoms with Gasteiger partial charge in [-0.2, -0.15) is 0 Å². The molecule has 0 aliphatic carbocycles. The predicted octanol–water partition coefficient (Wildman–Crippen LogP) is 1.06. The number of nitrogens with zero attached hydrogens (tertiary/aromatic N) is 1. The van der Waals surface area contributed by atoms with Crippen LogP contribution in [-0.4, -0.2) is 17.2 Å². The van der Waals surface area contributed by atoms with Crippen molar-refractivity contribution in [3.8, 4) is 0 Å². The first-order chi connectivity index (χ1) is 3.65. The molecule has 0 fully saturated rings. The second-order valence-corrected chi connectivity index (χ2v) is 1.28. The Bertz CT molecular complexity index is 75.0. The molecule has 0 rings (SSSR count). The van der Waals surface area contributed by atoms with E-state index in [-0.39, 0.29) is 38.5 Å². The van der Waals surface area contributed by atoms with Crippen molar-refractivity contribution >= 4 is 12.0 Å². The third-order valence-corrected chi connectivity index (χ3v) is 0.115. The van der Waals surface area contributed by atoms with E-state index in [0.717, 1.165) is 0 Å². The minimum Gasteiger partial charge on any atom is -0.411 e. The van der Waals surface area contributed by atoms with Gasteiger partial charge in [0, 0.05) is 38.9 Å². The van der Waals surface area contributed by atoms with Crippen molar-refractivity contribution in [2.45, 2.75) is 20.8 Å². The van der Waals surface area contributed by atoms with Crippen molar-refractivity contribution in [2.75, 3.05) is 0 Å². The van der Waals surface area contributed by atoms with Gasteiger partial charge >= 0.3 is 0 Å². The molecule has 0 unspecified atom stereocenters. The Kier molecular flexibility index (Phi) is 28.2. The second kappa shape index (κ2) is 15.7. The fourth-order valence-electron chi connectivity index (χ4n) is 0. The van der Waals surface area contributed by atoms with Gasteiger partial charge in [-0.05, 0) is 20.8 Å². The van der Waals surface area contributed by atoms with Crippen LogP contribution in [0.25, 0.3) is 0 Å². The molecule has 51 valence electrons. The molecule has 0 amide bonds. The number of oxime groups is 1. The number of carbonyl (C=O) groups excluding carboxylic acids is 1. The van der Waals surface area contributed by atoms with E-state index in [9.17, 15) is 4.79 Å². The summed E-state index contributed by atoms with van der Waals surface area (Å²) < 4.78 is 0. The van der Waals surface area contributed by atoms with Crippen LogP contribution in [0.15, 0.2) is 5.16 Å². The quantitative estimate of drug-likeness (QED) is 0.366.